The SMILES string of the molecule is CC(=O)NCCNS(=O)(=O)c1cccc(S(=O)(=O)Cl)c1. The van der Waals surface area contributed by atoms with Gasteiger partial charge in [0.1, 0.15) is 0 Å². The molecule has 0 aliphatic carbocycles. The molecule has 1 aromatic carbocycles. The number of carbonyl (C=O) groups is 1. The van der Waals surface area contributed by atoms with Crippen LogP contribution in [0.5, 0.6) is 0 Å². The van der Waals surface area contributed by atoms with E-state index in [4.69, 9.17) is 10.7 Å². The Hall–Kier alpha value is -1.16. The molecule has 20 heavy (non-hydrogen) atoms. The van der Waals surface area contributed by atoms with Crippen LogP contribution in [0, 0.1) is 0 Å². The Labute approximate surface area is 121 Å². The minimum Gasteiger partial charge on any atom is -0.355 e. The fourth-order valence-corrected chi connectivity index (χ4v) is 3.25. The highest BCUT2D eigenvalue weighted by Crippen LogP contribution is 2.18. The summed E-state index contributed by atoms with van der Waals surface area (Å²) in [4.78, 5) is 10.1. The van der Waals surface area contributed by atoms with E-state index in [1.54, 1.807) is 0 Å². The number of carbonyl (C=O) groups excluding carboxylic acids is 1. The van der Waals surface area contributed by atoms with E-state index in [2.05, 4.69) is 10.0 Å². The molecule has 0 heterocycles. The van der Waals surface area contributed by atoms with Gasteiger partial charge in [0.15, 0.2) is 0 Å². The molecule has 0 atom stereocenters. The van der Waals surface area contributed by atoms with Crippen molar-refractivity contribution >= 4 is 35.7 Å². The maximum atomic E-state index is 11.9. The van der Waals surface area contributed by atoms with Gasteiger partial charge in [-0.25, -0.2) is 21.6 Å². The number of amides is 1. The Morgan fingerprint density at radius 1 is 1.15 bits per heavy atom. The highest BCUT2D eigenvalue weighted by molar-refractivity contribution is 8.13. The molecule has 0 unspecified atom stereocenters. The van der Waals surface area contributed by atoms with E-state index in [0.29, 0.717) is 0 Å². The topological polar surface area (TPSA) is 109 Å². The van der Waals surface area contributed by atoms with Gasteiger partial charge in [0.2, 0.25) is 15.9 Å². The predicted molar refractivity (Wildman–Crippen MR) is 73.4 cm³/mol. The molecular formula is C10H13ClN2O5S2. The van der Waals surface area contributed by atoms with Crippen molar-refractivity contribution in [2.45, 2.75) is 16.7 Å². The average molecular weight is 341 g/mol. The van der Waals surface area contributed by atoms with Crippen LogP contribution in [0.25, 0.3) is 0 Å². The van der Waals surface area contributed by atoms with E-state index in [1.807, 2.05) is 0 Å². The Morgan fingerprint density at radius 2 is 1.75 bits per heavy atom. The van der Waals surface area contributed by atoms with Gasteiger partial charge < -0.3 is 5.32 Å². The van der Waals surface area contributed by atoms with Crippen LogP contribution in [-0.4, -0.2) is 35.8 Å². The summed E-state index contributed by atoms with van der Waals surface area (Å²) < 4.78 is 48.3. The van der Waals surface area contributed by atoms with Crippen molar-refractivity contribution < 1.29 is 21.6 Å². The molecule has 0 aromatic heterocycles. The highest BCUT2D eigenvalue weighted by atomic mass is 35.7. The van der Waals surface area contributed by atoms with E-state index in [9.17, 15) is 21.6 Å². The second-order valence-electron chi connectivity index (χ2n) is 3.79. The minimum atomic E-state index is -4.00. The van der Waals surface area contributed by atoms with Crippen LogP contribution in [0.2, 0.25) is 0 Å². The second-order valence-corrected chi connectivity index (χ2v) is 8.13. The summed E-state index contributed by atoms with van der Waals surface area (Å²) >= 11 is 0. The zero-order chi connectivity index (χ0) is 15.4. The normalized spacial score (nSPS) is 12.1. The summed E-state index contributed by atoms with van der Waals surface area (Å²) in [7, 11) is -2.71. The molecule has 0 aliphatic heterocycles. The Balaban J connectivity index is 2.85. The third-order valence-electron chi connectivity index (χ3n) is 2.19. The van der Waals surface area contributed by atoms with Crippen LogP contribution in [0.4, 0.5) is 0 Å². The summed E-state index contributed by atoms with van der Waals surface area (Å²) in [6, 6.07) is 4.67. The van der Waals surface area contributed by atoms with Crippen molar-refractivity contribution in [3.63, 3.8) is 0 Å². The molecule has 0 saturated carbocycles. The number of nitrogens with one attached hydrogen (secondary N) is 2. The number of halogens is 1. The number of hydrogen-bond donors (Lipinski definition) is 2. The van der Waals surface area contributed by atoms with Crippen molar-refractivity contribution in [3.05, 3.63) is 24.3 Å². The fraction of sp³-hybridized carbons (Fsp3) is 0.300. The third kappa shape index (κ3) is 5.08. The zero-order valence-electron chi connectivity index (χ0n) is 10.5. The molecule has 0 radical (unpaired) electrons. The van der Waals surface area contributed by atoms with Gasteiger partial charge in [0, 0.05) is 30.7 Å². The van der Waals surface area contributed by atoms with Crippen LogP contribution in [-0.2, 0) is 23.9 Å². The van der Waals surface area contributed by atoms with Gasteiger partial charge in [-0.1, -0.05) is 6.07 Å². The molecule has 112 valence electrons. The van der Waals surface area contributed by atoms with Crippen molar-refractivity contribution in [3.8, 4) is 0 Å². The van der Waals surface area contributed by atoms with Crippen molar-refractivity contribution in [1.29, 1.82) is 0 Å². The second kappa shape index (κ2) is 6.53. The molecule has 1 aromatic rings. The number of hydrogen-bond acceptors (Lipinski definition) is 5. The van der Waals surface area contributed by atoms with Crippen LogP contribution >= 0.6 is 10.7 Å². The molecular weight excluding hydrogens is 328 g/mol. The summed E-state index contributed by atoms with van der Waals surface area (Å²) in [6.45, 7) is 1.42. The van der Waals surface area contributed by atoms with Gasteiger partial charge in [-0.15, -0.1) is 0 Å². The van der Waals surface area contributed by atoms with Gasteiger partial charge in [0.25, 0.3) is 9.05 Å². The lowest BCUT2D eigenvalue weighted by atomic mass is 10.4. The van der Waals surface area contributed by atoms with E-state index >= 15 is 0 Å². The minimum absolute atomic E-state index is 0.0141. The van der Waals surface area contributed by atoms with E-state index < -0.39 is 19.1 Å². The summed E-state index contributed by atoms with van der Waals surface area (Å²) in [5, 5.41) is 2.42. The van der Waals surface area contributed by atoms with Crippen molar-refractivity contribution in [1.82, 2.24) is 10.0 Å². The summed E-state index contributed by atoms with van der Waals surface area (Å²) in [5.41, 5.74) is 0. The molecule has 0 spiro atoms. The van der Waals surface area contributed by atoms with Crippen LogP contribution in [0.1, 0.15) is 6.92 Å². The Morgan fingerprint density at radius 3 is 2.30 bits per heavy atom. The van der Waals surface area contributed by atoms with Gasteiger partial charge in [0.05, 0.1) is 9.79 Å². The van der Waals surface area contributed by atoms with Crippen LogP contribution < -0.4 is 10.0 Å². The first-order valence-electron chi connectivity index (χ1n) is 5.42. The van der Waals surface area contributed by atoms with Crippen LogP contribution in [0.15, 0.2) is 34.1 Å². The summed E-state index contributed by atoms with van der Waals surface area (Å²) in [6.07, 6.45) is 0. The average Bonchev–Trinajstić information content (AvgIpc) is 2.34. The first-order chi connectivity index (χ1) is 9.13. The third-order valence-corrected chi connectivity index (χ3v) is 5.00. The largest absolute Gasteiger partial charge is 0.355 e. The van der Waals surface area contributed by atoms with Gasteiger partial charge in [-0.05, 0) is 18.2 Å². The van der Waals surface area contributed by atoms with Crippen molar-refractivity contribution in [2.75, 3.05) is 13.1 Å². The smallest absolute Gasteiger partial charge is 0.261 e. The zero-order valence-corrected chi connectivity index (χ0v) is 12.8. The Kier molecular flexibility index (Phi) is 5.51. The predicted octanol–water partition coefficient (Wildman–Crippen LogP) is 0.0285. The molecule has 1 amide bonds. The summed E-state index contributed by atoms with van der Waals surface area (Å²) in [5.74, 6) is -0.278. The molecule has 0 fully saturated rings. The first-order valence-corrected chi connectivity index (χ1v) is 9.21. The first kappa shape index (κ1) is 16.9. The van der Waals surface area contributed by atoms with Crippen LogP contribution in [0.3, 0.4) is 0 Å². The molecule has 0 saturated heterocycles. The number of sulfonamides is 1. The standard InChI is InChI=1S/C10H13ClN2O5S2/c1-8(14)12-5-6-13-20(17,18)10-4-2-3-9(7-10)19(11,15)16/h2-4,7,13H,5-6H2,1H3,(H,12,14). The lowest BCUT2D eigenvalue weighted by molar-refractivity contribution is -0.118. The van der Waals surface area contributed by atoms with E-state index in [0.717, 1.165) is 6.07 Å². The molecule has 1 rings (SSSR count). The van der Waals surface area contributed by atoms with Gasteiger partial charge >= 0.3 is 0 Å². The van der Waals surface area contributed by atoms with E-state index in [1.165, 1.54) is 25.1 Å². The number of benzene rings is 1. The lowest BCUT2D eigenvalue weighted by Crippen LogP contribution is -2.33. The van der Waals surface area contributed by atoms with Gasteiger partial charge in [-0.2, -0.15) is 0 Å². The number of rotatable bonds is 6. The maximum absolute atomic E-state index is 11.9. The lowest BCUT2D eigenvalue weighted by Gasteiger charge is -2.07. The molecule has 0 aliphatic rings. The quantitative estimate of drug-likeness (QED) is 0.561. The monoisotopic (exact) mass is 340 g/mol. The molecule has 10 heteroatoms. The van der Waals surface area contributed by atoms with Gasteiger partial charge in [-0.3, -0.25) is 4.79 Å². The maximum Gasteiger partial charge on any atom is 0.261 e. The molecule has 0 bridgehead atoms. The molecule has 7 nitrogen and oxygen atoms in total. The van der Waals surface area contributed by atoms with Crippen molar-refractivity contribution in [2.24, 2.45) is 0 Å². The fourth-order valence-electron chi connectivity index (χ4n) is 1.30. The van der Waals surface area contributed by atoms with E-state index in [-0.39, 0.29) is 28.8 Å². The Bertz CT molecular complexity index is 700. The highest BCUT2D eigenvalue weighted by Gasteiger charge is 2.17. The molecule has 2 N–H and O–H groups in total.